The highest BCUT2D eigenvalue weighted by Gasteiger charge is 2.18. The average molecular weight is 420 g/mol. The van der Waals surface area contributed by atoms with Crippen LogP contribution in [0.15, 0.2) is 66.7 Å². The summed E-state index contributed by atoms with van der Waals surface area (Å²) in [4.78, 5) is 24.8. The molecule has 0 atom stereocenters. The third-order valence-electron chi connectivity index (χ3n) is 4.67. The lowest BCUT2D eigenvalue weighted by Gasteiger charge is -2.12. The number of rotatable bonds is 8. The second-order valence-corrected chi connectivity index (χ2v) is 6.71. The molecule has 7 heteroatoms. The third-order valence-corrected chi connectivity index (χ3v) is 4.67. The Balaban J connectivity index is 1.37. The number of fused-ring (bicyclic) bond motifs is 1. The van der Waals surface area contributed by atoms with Crippen LogP contribution in [-0.4, -0.2) is 32.3 Å². The minimum atomic E-state index is -0.637. The number of methoxy groups -OCH3 is 1. The molecule has 31 heavy (non-hydrogen) atoms. The molecule has 0 aromatic heterocycles. The Morgan fingerprint density at radius 2 is 1.65 bits per heavy atom. The lowest BCUT2D eigenvalue weighted by atomic mass is 10.1. The minimum Gasteiger partial charge on any atom is -0.493 e. The van der Waals surface area contributed by atoms with E-state index in [2.05, 4.69) is 0 Å². The monoisotopic (exact) mass is 420 g/mol. The van der Waals surface area contributed by atoms with Crippen LogP contribution in [0.5, 0.6) is 23.0 Å². The van der Waals surface area contributed by atoms with Crippen molar-refractivity contribution in [2.75, 3.05) is 20.5 Å². The van der Waals surface area contributed by atoms with Gasteiger partial charge in [-0.25, -0.2) is 4.79 Å². The summed E-state index contributed by atoms with van der Waals surface area (Å²) in [6, 6.07) is 19.2. The van der Waals surface area contributed by atoms with Crippen LogP contribution in [0.1, 0.15) is 26.3 Å². The van der Waals surface area contributed by atoms with Gasteiger partial charge in [0.25, 0.3) is 0 Å². The maximum atomic E-state index is 12.4. The lowest BCUT2D eigenvalue weighted by Crippen LogP contribution is -2.14. The van der Waals surface area contributed by atoms with E-state index in [9.17, 15) is 9.59 Å². The van der Waals surface area contributed by atoms with Crippen LogP contribution in [0.4, 0.5) is 0 Å². The fourth-order valence-electron chi connectivity index (χ4n) is 3.02. The first-order valence-corrected chi connectivity index (χ1v) is 9.59. The van der Waals surface area contributed by atoms with Crippen LogP contribution in [0.25, 0.3) is 0 Å². The summed E-state index contributed by atoms with van der Waals surface area (Å²) < 4.78 is 26.8. The predicted octanol–water partition coefficient (Wildman–Crippen LogP) is 4.04. The Hall–Kier alpha value is -4.00. The maximum Gasteiger partial charge on any atom is 0.338 e. The number of Topliss-reactive ketones (excluding diaryl/α,β-unsaturated/α-hetero) is 1. The Labute approximate surface area is 179 Å². The SMILES string of the molecule is COc1cc(C(=O)OCC(=O)c2ccc3c(c2)OCO3)ccc1OCc1ccccc1. The molecule has 0 saturated heterocycles. The molecule has 0 radical (unpaired) electrons. The van der Waals surface area contributed by atoms with E-state index in [0.717, 1.165) is 5.56 Å². The predicted molar refractivity (Wildman–Crippen MR) is 111 cm³/mol. The van der Waals surface area contributed by atoms with Crippen LogP contribution in [0, 0.1) is 0 Å². The lowest BCUT2D eigenvalue weighted by molar-refractivity contribution is 0.0474. The second kappa shape index (κ2) is 9.21. The second-order valence-electron chi connectivity index (χ2n) is 6.71. The minimum absolute atomic E-state index is 0.120. The van der Waals surface area contributed by atoms with Crippen LogP contribution < -0.4 is 18.9 Å². The van der Waals surface area contributed by atoms with E-state index in [1.165, 1.54) is 13.2 Å². The first kappa shape index (κ1) is 20.3. The van der Waals surface area contributed by atoms with Crippen LogP contribution >= 0.6 is 0 Å². The normalized spacial score (nSPS) is 11.6. The first-order valence-electron chi connectivity index (χ1n) is 9.59. The van der Waals surface area contributed by atoms with Gasteiger partial charge in [0.15, 0.2) is 35.4 Å². The number of hydrogen-bond acceptors (Lipinski definition) is 7. The van der Waals surface area contributed by atoms with E-state index in [1.807, 2.05) is 30.3 Å². The summed E-state index contributed by atoms with van der Waals surface area (Å²) in [7, 11) is 1.49. The van der Waals surface area contributed by atoms with Crippen LogP contribution in [-0.2, 0) is 11.3 Å². The molecule has 0 bridgehead atoms. The zero-order valence-electron chi connectivity index (χ0n) is 16.8. The van der Waals surface area contributed by atoms with Gasteiger partial charge in [-0.2, -0.15) is 0 Å². The number of carbonyl (C=O) groups excluding carboxylic acids is 2. The number of carbonyl (C=O) groups is 2. The van der Waals surface area contributed by atoms with E-state index >= 15 is 0 Å². The van der Waals surface area contributed by atoms with E-state index in [0.29, 0.717) is 35.2 Å². The van der Waals surface area contributed by atoms with Gasteiger partial charge in [0, 0.05) is 5.56 Å². The molecule has 158 valence electrons. The van der Waals surface area contributed by atoms with Gasteiger partial charge < -0.3 is 23.7 Å². The standard InChI is InChI=1S/C24H20O7/c1-27-22-12-18(8-10-20(22)28-13-16-5-3-2-4-6-16)24(26)29-14-19(25)17-7-9-21-23(11-17)31-15-30-21/h2-12H,13-15H2,1H3. The van der Waals surface area contributed by atoms with Crippen molar-refractivity contribution in [2.24, 2.45) is 0 Å². The largest absolute Gasteiger partial charge is 0.493 e. The maximum absolute atomic E-state index is 12.4. The molecule has 7 nitrogen and oxygen atoms in total. The van der Waals surface area contributed by atoms with E-state index in [1.54, 1.807) is 30.3 Å². The molecule has 3 aromatic carbocycles. The molecule has 1 heterocycles. The Kier molecular flexibility index (Phi) is 6.03. The van der Waals surface area contributed by atoms with Gasteiger partial charge in [-0.15, -0.1) is 0 Å². The fourth-order valence-corrected chi connectivity index (χ4v) is 3.02. The molecule has 1 aliphatic heterocycles. The molecule has 0 spiro atoms. The highest BCUT2D eigenvalue weighted by Crippen LogP contribution is 2.33. The molecule has 0 aliphatic carbocycles. The average Bonchev–Trinajstić information content (AvgIpc) is 3.29. The molecule has 1 aliphatic rings. The number of benzene rings is 3. The van der Waals surface area contributed by atoms with Gasteiger partial charge in [-0.3, -0.25) is 4.79 Å². The molecule has 0 fully saturated rings. The van der Waals surface area contributed by atoms with Crippen molar-refractivity contribution < 1.29 is 33.3 Å². The molecular weight excluding hydrogens is 400 g/mol. The van der Waals surface area contributed by atoms with Gasteiger partial charge in [-0.1, -0.05) is 30.3 Å². The zero-order valence-corrected chi connectivity index (χ0v) is 16.8. The van der Waals surface area contributed by atoms with E-state index < -0.39 is 12.6 Å². The Bertz CT molecular complexity index is 1090. The fraction of sp³-hybridized carbons (Fsp3) is 0.167. The Morgan fingerprint density at radius 1 is 0.871 bits per heavy atom. The zero-order chi connectivity index (χ0) is 21.6. The van der Waals surface area contributed by atoms with Crippen molar-refractivity contribution in [3.8, 4) is 23.0 Å². The number of ether oxygens (including phenoxy) is 5. The van der Waals surface area contributed by atoms with E-state index in [-0.39, 0.29) is 18.1 Å². The number of ketones is 1. The molecule has 0 amide bonds. The van der Waals surface area contributed by atoms with Gasteiger partial charge >= 0.3 is 5.97 Å². The summed E-state index contributed by atoms with van der Waals surface area (Å²) in [5.41, 5.74) is 1.64. The van der Waals surface area contributed by atoms with Gasteiger partial charge in [-0.05, 0) is 42.0 Å². The van der Waals surface area contributed by atoms with Crippen molar-refractivity contribution >= 4 is 11.8 Å². The number of esters is 1. The van der Waals surface area contributed by atoms with Crippen molar-refractivity contribution in [2.45, 2.75) is 6.61 Å². The topological polar surface area (TPSA) is 80.3 Å². The van der Waals surface area contributed by atoms with Crippen LogP contribution in [0.3, 0.4) is 0 Å². The van der Waals surface area contributed by atoms with Gasteiger partial charge in [0.1, 0.15) is 6.61 Å². The quantitative estimate of drug-likeness (QED) is 0.402. The van der Waals surface area contributed by atoms with Crippen LogP contribution in [0.2, 0.25) is 0 Å². The van der Waals surface area contributed by atoms with Crippen molar-refractivity contribution in [1.29, 1.82) is 0 Å². The first-order chi connectivity index (χ1) is 15.1. The van der Waals surface area contributed by atoms with Gasteiger partial charge in [0.2, 0.25) is 6.79 Å². The van der Waals surface area contributed by atoms with Crippen molar-refractivity contribution in [3.05, 3.63) is 83.4 Å². The molecule has 4 rings (SSSR count). The third kappa shape index (κ3) is 4.78. The molecule has 0 N–H and O–H groups in total. The van der Waals surface area contributed by atoms with Crippen molar-refractivity contribution in [3.63, 3.8) is 0 Å². The van der Waals surface area contributed by atoms with E-state index in [4.69, 9.17) is 23.7 Å². The summed E-state index contributed by atoms with van der Waals surface area (Å²) in [6.45, 7) is 0.0902. The molecule has 3 aromatic rings. The number of hydrogen-bond donors (Lipinski definition) is 0. The molecule has 0 saturated carbocycles. The summed E-state index contributed by atoms with van der Waals surface area (Å²) in [5, 5.41) is 0. The van der Waals surface area contributed by atoms with Crippen molar-refractivity contribution in [1.82, 2.24) is 0 Å². The molecule has 0 unspecified atom stereocenters. The Morgan fingerprint density at radius 3 is 2.45 bits per heavy atom. The highest BCUT2D eigenvalue weighted by atomic mass is 16.7. The van der Waals surface area contributed by atoms with Gasteiger partial charge in [0.05, 0.1) is 12.7 Å². The smallest absolute Gasteiger partial charge is 0.338 e. The molecular formula is C24H20O7. The highest BCUT2D eigenvalue weighted by molar-refractivity contribution is 6.00. The summed E-state index contributed by atoms with van der Waals surface area (Å²) >= 11 is 0. The summed E-state index contributed by atoms with van der Waals surface area (Å²) in [6.07, 6.45) is 0. The summed E-state index contributed by atoms with van der Waals surface area (Å²) in [5.74, 6) is 0.985.